The van der Waals surface area contributed by atoms with Crippen LogP contribution in [0.4, 0.5) is 11.4 Å². The fraction of sp³-hybridized carbons (Fsp3) is 0.448. The van der Waals surface area contributed by atoms with Crippen LogP contribution in [0.5, 0.6) is 0 Å². The molecule has 2 aromatic rings. The number of nitrogens with one attached hydrogen (secondary N) is 2. The molecule has 222 valence electrons. The smallest absolute Gasteiger partial charge is 0.340 e. The second-order valence-electron chi connectivity index (χ2n) is 9.79. The number of methoxy groups -OCH3 is 1. The molecule has 0 radical (unpaired) electrons. The largest absolute Gasteiger partial charge is 0.478 e. The highest BCUT2D eigenvalue weighted by Crippen LogP contribution is 2.24. The van der Waals surface area contributed by atoms with E-state index in [9.17, 15) is 19.2 Å². The fourth-order valence-corrected chi connectivity index (χ4v) is 5.52. The first kappa shape index (κ1) is 33.2. The lowest BCUT2D eigenvalue weighted by Gasteiger charge is -2.21. The minimum Gasteiger partial charge on any atom is -0.478 e. The first-order valence-corrected chi connectivity index (χ1v) is 15.5. The Morgan fingerprint density at radius 2 is 1.20 bits per heavy atom. The van der Waals surface area contributed by atoms with Gasteiger partial charge in [-0.15, -0.1) is 0 Å². The van der Waals surface area contributed by atoms with Gasteiger partial charge in [-0.2, -0.15) is 0 Å². The molecule has 2 aliphatic heterocycles. The minimum atomic E-state index is -1.04. The summed E-state index contributed by atoms with van der Waals surface area (Å²) in [5.41, 5.74) is 1.36. The van der Waals surface area contributed by atoms with Crippen LogP contribution in [-0.2, 0) is 23.8 Å². The van der Waals surface area contributed by atoms with Crippen LogP contribution in [0.1, 0.15) is 59.2 Å². The summed E-state index contributed by atoms with van der Waals surface area (Å²) >= 11 is 4.16. The van der Waals surface area contributed by atoms with Crippen molar-refractivity contribution < 1.29 is 38.5 Å². The lowest BCUT2D eigenvalue weighted by atomic mass is 9.96. The Kier molecular flexibility index (Phi) is 13.7. The van der Waals surface area contributed by atoms with Crippen molar-refractivity contribution in [2.45, 2.75) is 38.5 Å². The third-order valence-corrected chi connectivity index (χ3v) is 8.12. The third-order valence-electron chi connectivity index (χ3n) is 6.78. The van der Waals surface area contributed by atoms with Crippen molar-refractivity contribution in [3.63, 3.8) is 0 Å². The standard InChI is InChI=1S/C15H18INO4.C14H16INO4/c1-20-15(19)12-9-11(16)2-3-13(12)17-14(18)8-10-4-6-21-7-5-10;15-10-1-2-12(11(8-10)14(18)19)16-13(17)7-9-3-5-20-6-4-9/h2-3,9-10H,4-8H2,1H3,(H,17,18);1-2,8-9H,3-7H2,(H,16,17)(H,18,19). The van der Waals surface area contributed by atoms with Gasteiger partial charge in [0.1, 0.15) is 0 Å². The van der Waals surface area contributed by atoms with E-state index in [1.807, 2.05) is 28.7 Å². The van der Waals surface area contributed by atoms with Crippen LogP contribution in [-0.4, -0.2) is 62.4 Å². The molecule has 0 bridgehead atoms. The Hall–Kier alpha value is -2.30. The molecule has 4 rings (SSSR count). The fourth-order valence-electron chi connectivity index (χ4n) is 4.53. The van der Waals surface area contributed by atoms with E-state index in [0.29, 0.717) is 54.8 Å². The summed E-state index contributed by atoms with van der Waals surface area (Å²) in [6, 6.07) is 10.2. The summed E-state index contributed by atoms with van der Waals surface area (Å²) in [4.78, 5) is 47.1. The van der Waals surface area contributed by atoms with Gasteiger partial charge in [-0.1, -0.05) is 0 Å². The molecule has 12 heteroatoms. The number of carbonyl (C=O) groups excluding carboxylic acids is 3. The van der Waals surface area contributed by atoms with Gasteiger partial charge in [-0.25, -0.2) is 9.59 Å². The number of esters is 1. The van der Waals surface area contributed by atoms with E-state index in [2.05, 4.69) is 33.2 Å². The van der Waals surface area contributed by atoms with Gasteiger partial charge in [0, 0.05) is 46.4 Å². The molecule has 0 atom stereocenters. The molecule has 2 amide bonds. The Morgan fingerprint density at radius 1 is 0.780 bits per heavy atom. The Balaban J connectivity index is 0.000000226. The van der Waals surface area contributed by atoms with Crippen molar-refractivity contribution in [3.05, 3.63) is 54.7 Å². The van der Waals surface area contributed by atoms with Crippen molar-refractivity contribution in [3.8, 4) is 0 Å². The van der Waals surface area contributed by atoms with Crippen LogP contribution in [0.25, 0.3) is 0 Å². The summed E-state index contributed by atoms with van der Waals surface area (Å²) in [7, 11) is 1.33. The van der Waals surface area contributed by atoms with Gasteiger partial charge < -0.3 is 30.0 Å². The second kappa shape index (κ2) is 17.0. The highest BCUT2D eigenvalue weighted by Gasteiger charge is 2.21. The zero-order chi connectivity index (χ0) is 29.8. The van der Waals surface area contributed by atoms with E-state index in [1.54, 1.807) is 30.3 Å². The molecule has 2 heterocycles. The monoisotopic (exact) mass is 792 g/mol. The van der Waals surface area contributed by atoms with Gasteiger partial charge in [0.25, 0.3) is 0 Å². The molecule has 3 N–H and O–H groups in total. The molecule has 2 fully saturated rings. The molecule has 0 saturated carbocycles. The molecule has 0 unspecified atom stereocenters. The van der Waals surface area contributed by atoms with E-state index < -0.39 is 11.9 Å². The molecular weight excluding hydrogens is 758 g/mol. The van der Waals surface area contributed by atoms with Crippen LogP contribution in [0.15, 0.2) is 36.4 Å². The lowest BCUT2D eigenvalue weighted by Crippen LogP contribution is -2.23. The number of hydrogen-bond donors (Lipinski definition) is 3. The van der Waals surface area contributed by atoms with Crippen molar-refractivity contribution in [1.82, 2.24) is 0 Å². The van der Waals surface area contributed by atoms with E-state index in [-0.39, 0.29) is 17.4 Å². The van der Waals surface area contributed by atoms with Crippen molar-refractivity contribution in [2.75, 3.05) is 44.2 Å². The number of hydrogen-bond acceptors (Lipinski definition) is 7. The lowest BCUT2D eigenvalue weighted by molar-refractivity contribution is -0.118. The number of aromatic carboxylic acids is 1. The van der Waals surface area contributed by atoms with Crippen LogP contribution >= 0.6 is 45.2 Å². The number of ether oxygens (including phenoxy) is 3. The normalized spacial score (nSPS) is 15.7. The average molecular weight is 792 g/mol. The summed E-state index contributed by atoms with van der Waals surface area (Å²) in [5.74, 6) is -1.03. The molecular formula is C29H34I2N2O8. The molecule has 2 aliphatic rings. The summed E-state index contributed by atoms with van der Waals surface area (Å²) in [6.45, 7) is 2.83. The zero-order valence-electron chi connectivity index (χ0n) is 22.8. The van der Waals surface area contributed by atoms with Crippen LogP contribution in [0.3, 0.4) is 0 Å². The highest BCUT2D eigenvalue weighted by molar-refractivity contribution is 14.1. The highest BCUT2D eigenvalue weighted by atomic mass is 127. The third kappa shape index (κ3) is 11.1. The van der Waals surface area contributed by atoms with E-state index in [4.69, 9.17) is 19.3 Å². The first-order chi connectivity index (χ1) is 19.7. The van der Waals surface area contributed by atoms with Gasteiger partial charge in [-0.3, -0.25) is 9.59 Å². The van der Waals surface area contributed by atoms with Crippen molar-refractivity contribution >= 4 is 80.3 Å². The SMILES string of the molecule is COC(=O)c1cc(I)ccc1NC(=O)CC1CCOCC1.O=C(CC1CCOCC1)Nc1ccc(I)cc1C(=O)O. The summed E-state index contributed by atoms with van der Waals surface area (Å²) in [5, 5.41) is 14.7. The maximum atomic E-state index is 12.1. The topological polar surface area (TPSA) is 140 Å². The second-order valence-corrected chi connectivity index (χ2v) is 12.3. The Labute approximate surface area is 266 Å². The maximum Gasteiger partial charge on any atom is 0.340 e. The van der Waals surface area contributed by atoms with Gasteiger partial charge in [0.05, 0.1) is 29.6 Å². The molecule has 2 saturated heterocycles. The number of carbonyl (C=O) groups is 4. The number of anilines is 2. The average Bonchev–Trinajstić information content (AvgIpc) is 2.95. The maximum absolute atomic E-state index is 12.1. The van der Waals surface area contributed by atoms with Crippen LogP contribution in [0.2, 0.25) is 0 Å². The van der Waals surface area contributed by atoms with E-state index in [0.717, 1.165) is 46.0 Å². The van der Waals surface area contributed by atoms with E-state index in [1.165, 1.54) is 7.11 Å². The Bertz CT molecular complexity index is 1230. The van der Waals surface area contributed by atoms with Gasteiger partial charge >= 0.3 is 11.9 Å². The predicted octanol–water partition coefficient (Wildman–Crippen LogP) is 5.58. The molecule has 0 aromatic heterocycles. The van der Waals surface area contributed by atoms with Crippen molar-refractivity contribution in [2.24, 2.45) is 11.8 Å². The van der Waals surface area contributed by atoms with Gasteiger partial charge in [-0.05, 0) is 119 Å². The summed E-state index contributed by atoms with van der Waals surface area (Å²) in [6.07, 6.45) is 4.44. The number of rotatable bonds is 8. The quantitative estimate of drug-likeness (QED) is 0.233. The minimum absolute atomic E-state index is 0.0757. The number of benzene rings is 2. The van der Waals surface area contributed by atoms with E-state index >= 15 is 0 Å². The Morgan fingerprint density at radius 3 is 1.61 bits per heavy atom. The van der Waals surface area contributed by atoms with Crippen LogP contribution in [0, 0.1) is 19.0 Å². The van der Waals surface area contributed by atoms with Gasteiger partial charge in [0.2, 0.25) is 11.8 Å². The number of halogens is 2. The molecule has 0 aliphatic carbocycles. The molecule has 41 heavy (non-hydrogen) atoms. The first-order valence-electron chi connectivity index (χ1n) is 13.3. The predicted molar refractivity (Wildman–Crippen MR) is 170 cm³/mol. The molecule has 10 nitrogen and oxygen atoms in total. The van der Waals surface area contributed by atoms with Crippen molar-refractivity contribution in [1.29, 1.82) is 0 Å². The van der Waals surface area contributed by atoms with Gasteiger partial charge in [0.15, 0.2) is 0 Å². The summed E-state index contributed by atoms with van der Waals surface area (Å²) < 4.78 is 17.0. The van der Waals surface area contributed by atoms with Crippen LogP contribution < -0.4 is 10.6 Å². The number of carboxylic acid groups (broad SMARTS) is 1. The number of carboxylic acids is 1. The zero-order valence-corrected chi connectivity index (χ0v) is 27.1. The number of amides is 2. The molecule has 0 spiro atoms. The molecule has 2 aromatic carbocycles.